The number of nitrogen functional groups attached to an aromatic ring is 1. The maximum atomic E-state index is 5.79. The fourth-order valence-corrected chi connectivity index (χ4v) is 1.72. The number of nitrogens with zero attached hydrogens (tertiary/aromatic N) is 2. The van der Waals surface area contributed by atoms with Crippen LogP contribution in [0.4, 0.5) is 5.82 Å². The van der Waals surface area contributed by atoms with Crippen molar-refractivity contribution in [1.82, 2.24) is 9.97 Å². The summed E-state index contributed by atoms with van der Waals surface area (Å²) in [6.07, 6.45) is 1.76. The number of para-hydroxylation sites is 1. The largest absolute Gasteiger partial charge is 0.439 e. The molecule has 5 heteroatoms. The van der Waals surface area contributed by atoms with Crippen molar-refractivity contribution in [2.24, 2.45) is 5.84 Å². The van der Waals surface area contributed by atoms with Gasteiger partial charge < -0.3 is 10.2 Å². The van der Waals surface area contributed by atoms with Crippen LogP contribution in [-0.4, -0.2) is 9.97 Å². The second-order valence-corrected chi connectivity index (χ2v) is 4.27. The van der Waals surface area contributed by atoms with E-state index in [2.05, 4.69) is 22.3 Å². The number of nitrogens with one attached hydrogen (secondary N) is 1. The molecule has 1 aromatic heterocycles. The molecule has 2 rings (SSSR count). The third kappa shape index (κ3) is 3.42. The van der Waals surface area contributed by atoms with Gasteiger partial charge >= 0.3 is 0 Å². The summed E-state index contributed by atoms with van der Waals surface area (Å²) in [4.78, 5) is 8.66. The molecule has 0 bridgehead atoms. The molecule has 19 heavy (non-hydrogen) atoms. The van der Waals surface area contributed by atoms with E-state index in [1.807, 2.05) is 31.2 Å². The number of anilines is 1. The zero-order chi connectivity index (χ0) is 13.7. The molecule has 3 N–H and O–H groups in total. The standard InChI is InChI=1S/C14H18N4O/c1-3-6-12-16-13(18-15)9-14(17-12)19-11-8-5-4-7-10(11)2/h4-5,7-9H,3,6,15H2,1-2H3,(H,16,17,18). The van der Waals surface area contributed by atoms with E-state index in [1.54, 1.807) is 6.07 Å². The van der Waals surface area contributed by atoms with Crippen LogP contribution in [0.15, 0.2) is 30.3 Å². The van der Waals surface area contributed by atoms with Crippen LogP contribution in [0.25, 0.3) is 0 Å². The zero-order valence-corrected chi connectivity index (χ0v) is 11.2. The van der Waals surface area contributed by atoms with Crippen LogP contribution in [0, 0.1) is 6.92 Å². The molecule has 0 aliphatic carbocycles. The van der Waals surface area contributed by atoms with E-state index in [0.717, 1.165) is 30.0 Å². The van der Waals surface area contributed by atoms with Gasteiger partial charge in [0.15, 0.2) is 0 Å². The summed E-state index contributed by atoms with van der Waals surface area (Å²) in [5, 5.41) is 0. The highest BCUT2D eigenvalue weighted by Crippen LogP contribution is 2.24. The van der Waals surface area contributed by atoms with Gasteiger partial charge in [-0.1, -0.05) is 25.1 Å². The van der Waals surface area contributed by atoms with Crippen LogP contribution in [0.2, 0.25) is 0 Å². The molecule has 0 atom stereocenters. The van der Waals surface area contributed by atoms with Crippen molar-refractivity contribution in [1.29, 1.82) is 0 Å². The van der Waals surface area contributed by atoms with Gasteiger partial charge in [-0.15, -0.1) is 0 Å². The molecule has 0 unspecified atom stereocenters. The highest BCUT2D eigenvalue weighted by Gasteiger charge is 2.07. The molecule has 100 valence electrons. The van der Waals surface area contributed by atoms with E-state index >= 15 is 0 Å². The Morgan fingerprint density at radius 1 is 1.26 bits per heavy atom. The zero-order valence-electron chi connectivity index (χ0n) is 11.2. The summed E-state index contributed by atoms with van der Waals surface area (Å²) in [6.45, 7) is 4.07. The number of hydrogen-bond donors (Lipinski definition) is 2. The Morgan fingerprint density at radius 3 is 2.74 bits per heavy atom. The van der Waals surface area contributed by atoms with Gasteiger partial charge in [0.2, 0.25) is 5.88 Å². The van der Waals surface area contributed by atoms with Gasteiger partial charge in [-0.25, -0.2) is 10.8 Å². The fourth-order valence-electron chi connectivity index (χ4n) is 1.72. The molecular weight excluding hydrogens is 240 g/mol. The van der Waals surface area contributed by atoms with Gasteiger partial charge in [0, 0.05) is 12.5 Å². The minimum atomic E-state index is 0.501. The van der Waals surface area contributed by atoms with Crippen molar-refractivity contribution in [2.45, 2.75) is 26.7 Å². The van der Waals surface area contributed by atoms with Crippen molar-refractivity contribution in [3.05, 3.63) is 41.7 Å². The Labute approximate surface area is 112 Å². The van der Waals surface area contributed by atoms with E-state index in [4.69, 9.17) is 10.6 Å². The number of hydrazine groups is 1. The van der Waals surface area contributed by atoms with Crippen LogP contribution in [-0.2, 0) is 6.42 Å². The summed E-state index contributed by atoms with van der Waals surface area (Å²) in [7, 11) is 0. The maximum Gasteiger partial charge on any atom is 0.224 e. The van der Waals surface area contributed by atoms with Crippen molar-refractivity contribution in [3.63, 3.8) is 0 Å². The fraction of sp³-hybridized carbons (Fsp3) is 0.286. The highest BCUT2D eigenvalue weighted by atomic mass is 16.5. The van der Waals surface area contributed by atoms with E-state index in [1.165, 1.54) is 0 Å². The molecule has 0 radical (unpaired) electrons. The first-order chi connectivity index (χ1) is 9.22. The van der Waals surface area contributed by atoms with Crippen molar-refractivity contribution >= 4 is 5.82 Å². The average molecular weight is 258 g/mol. The van der Waals surface area contributed by atoms with Crippen molar-refractivity contribution in [3.8, 4) is 11.6 Å². The van der Waals surface area contributed by atoms with Crippen LogP contribution >= 0.6 is 0 Å². The molecule has 0 aliphatic heterocycles. The Morgan fingerprint density at radius 2 is 2.05 bits per heavy atom. The average Bonchev–Trinajstić information content (AvgIpc) is 2.41. The van der Waals surface area contributed by atoms with Crippen LogP contribution in [0.3, 0.4) is 0 Å². The minimum absolute atomic E-state index is 0.501. The lowest BCUT2D eigenvalue weighted by atomic mass is 10.2. The number of rotatable bonds is 5. The lowest BCUT2D eigenvalue weighted by Crippen LogP contribution is -2.11. The van der Waals surface area contributed by atoms with E-state index in [9.17, 15) is 0 Å². The third-order valence-electron chi connectivity index (χ3n) is 2.68. The first kappa shape index (κ1) is 13.3. The summed E-state index contributed by atoms with van der Waals surface area (Å²) in [6, 6.07) is 9.49. The lowest BCUT2D eigenvalue weighted by molar-refractivity contribution is 0.455. The number of nitrogens with two attached hydrogens (primary N) is 1. The molecule has 0 fully saturated rings. The number of aryl methyl sites for hydroxylation is 2. The number of aromatic nitrogens is 2. The number of benzene rings is 1. The lowest BCUT2D eigenvalue weighted by Gasteiger charge is -2.10. The first-order valence-corrected chi connectivity index (χ1v) is 6.31. The Kier molecular flexibility index (Phi) is 4.30. The molecule has 1 aromatic carbocycles. The van der Waals surface area contributed by atoms with E-state index < -0.39 is 0 Å². The van der Waals surface area contributed by atoms with Crippen LogP contribution in [0.5, 0.6) is 11.6 Å². The Hall–Kier alpha value is -2.14. The van der Waals surface area contributed by atoms with Gasteiger partial charge in [0.25, 0.3) is 0 Å². The smallest absolute Gasteiger partial charge is 0.224 e. The van der Waals surface area contributed by atoms with Gasteiger partial charge in [-0.3, -0.25) is 0 Å². The molecule has 1 heterocycles. The second kappa shape index (κ2) is 6.15. The van der Waals surface area contributed by atoms with Crippen molar-refractivity contribution < 1.29 is 4.74 Å². The summed E-state index contributed by atoms with van der Waals surface area (Å²) in [5.41, 5.74) is 3.59. The van der Waals surface area contributed by atoms with Crippen LogP contribution in [0.1, 0.15) is 24.7 Å². The van der Waals surface area contributed by atoms with Gasteiger partial charge in [0.05, 0.1) is 0 Å². The predicted molar refractivity (Wildman–Crippen MR) is 75.1 cm³/mol. The Bertz CT molecular complexity index is 557. The number of hydrogen-bond acceptors (Lipinski definition) is 5. The predicted octanol–water partition coefficient (Wildman–Crippen LogP) is 2.82. The topological polar surface area (TPSA) is 73.1 Å². The maximum absolute atomic E-state index is 5.79. The Balaban J connectivity index is 2.29. The second-order valence-electron chi connectivity index (χ2n) is 4.27. The summed E-state index contributed by atoms with van der Waals surface area (Å²) >= 11 is 0. The SMILES string of the molecule is CCCc1nc(NN)cc(Oc2ccccc2C)n1. The third-order valence-corrected chi connectivity index (χ3v) is 2.68. The molecule has 5 nitrogen and oxygen atoms in total. The normalized spacial score (nSPS) is 10.3. The summed E-state index contributed by atoms with van der Waals surface area (Å²) < 4.78 is 5.79. The van der Waals surface area contributed by atoms with Gasteiger partial charge in [0.1, 0.15) is 17.4 Å². The molecule has 0 spiro atoms. The monoisotopic (exact) mass is 258 g/mol. The number of ether oxygens (including phenoxy) is 1. The van der Waals surface area contributed by atoms with Gasteiger partial charge in [-0.2, -0.15) is 4.98 Å². The van der Waals surface area contributed by atoms with Crippen molar-refractivity contribution in [2.75, 3.05) is 5.43 Å². The van der Waals surface area contributed by atoms with Crippen LogP contribution < -0.4 is 16.0 Å². The molecule has 0 aliphatic rings. The van der Waals surface area contributed by atoms with Gasteiger partial charge in [-0.05, 0) is 25.0 Å². The molecule has 0 saturated heterocycles. The first-order valence-electron chi connectivity index (χ1n) is 6.31. The minimum Gasteiger partial charge on any atom is -0.439 e. The molecular formula is C14H18N4O. The van der Waals surface area contributed by atoms with E-state index in [0.29, 0.717) is 11.7 Å². The molecule has 0 amide bonds. The quantitative estimate of drug-likeness (QED) is 0.637. The summed E-state index contributed by atoms with van der Waals surface area (Å²) in [5.74, 6) is 7.98. The molecule has 0 saturated carbocycles. The molecule has 2 aromatic rings. The highest BCUT2D eigenvalue weighted by molar-refractivity contribution is 5.40. The van der Waals surface area contributed by atoms with E-state index in [-0.39, 0.29) is 0 Å².